The summed E-state index contributed by atoms with van der Waals surface area (Å²) < 4.78 is 18.3. The second-order valence-electron chi connectivity index (χ2n) is 6.15. The van der Waals surface area contributed by atoms with Gasteiger partial charge in [0.15, 0.2) is 11.6 Å². The number of amides is 1. The number of aryl methyl sites for hydroxylation is 1. The monoisotopic (exact) mass is 297 g/mol. The molecular weight excluding hydrogens is 273 g/mol. The van der Waals surface area contributed by atoms with Crippen molar-refractivity contribution in [1.82, 2.24) is 5.32 Å². The van der Waals surface area contributed by atoms with Gasteiger partial charge in [0.2, 0.25) is 5.91 Å². The highest BCUT2D eigenvalue weighted by Crippen LogP contribution is 2.19. The highest BCUT2D eigenvalue weighted by atomic mass is 19.1. The van der Waals surface area contributed by atoms with Crippen LogP contribution in [0.25, 0.3) is 0 Å². The smallest absolute Gasteiger partial charge is 0.220 e. The third-order valence-electron chi connectivity index (χ3n) is 3.35. The molecule has 0 radical (unpaired) electrons. The third-order valence-corrected chi connectivity index (χ3v) is 3.35. The minimum atomic E-state index is -0.597. The minimum Gasteiger partial charge on any atom is -0.494 e. The predicted octanol–water partition coefficient (Wildman–Crippen LogP) is 2.29. The first-order valence-corrected chi connectivity index (χ1v) is 7.01. The van der Waals surface area contributed by atoms with Gasteiger partial charge in [0.1, 0.15) is 0 Å². The van der Waals surface area contributed by atoms with E-state index in [9.17, 15) is 14.3 Å². The fourth-order valence-corrected chi connectivity index (χ4v) is 1.73. The van der Waals surface area contributed by atoms with Crippen molar-refractivity contribution in [2.75, 3.05) is 13.7 Å². The van der Waals surface area contributed by atoms with Crippen LogP contribution < -0.4 is 10.1 Å². The largest absolute Gasteiger partial charge is 0.494 e. The highest BCUT2D eigenvalue weighted by molar-refractivity contribution is 5.76. The summed E-state index contributed by atoms with van der Waals surface area (Å²) in [4.78, 5) is 11.7. The number of nitrogens with one attached hydrogen (secondary N) is 1. The fourth-order valence-electron chi connectivity index (χ4n) is 1.73. The lowest BCUT2D eigenvalue weighted by molar-refractivity contribution is -0.121. The van der Waals surface area contributed by atoms with Gasteiger partial charge in [-0.05, 0) is 29.5 Å². The maximum atomic E-state index is 13.5. The van der Waals surface area contributed by atoms with E-state index in [-0.39, 0.29) is 30.0 Å². The Hall–Kier alpha value is -1.62. The lowest BCUT2D eigenvalue weighted by atomic mass is 9.89. The first kappa shape index (κ1) is 17.4. The number of halogens is 1. The van der Waals surface area contributed by atoms with Gasteiger partial charge in [0.25, 0.3) is 0 Å². The molecule has 0 aromatic heterocycles. The van der Waals surface area contributed by atoms with Crippen molar-refractivity contribution in [1.29, 1.82) is 0 Å². The van der Waals surface area contributed by atoms with Crippen molar-refractivity contribution in [3.63, 3.8) is 0 Å². The van der Waals surface area contributed by atoms with Crippen LogP contribution in [0.2, 0.25) is 0 Å². The lowest BCUT2D eigenvalue weighted by Gasteiger charge is -2.25. The summed E-state index contributed by atoms with van der Waals surface area (Å²) >= 11 is 0. The molecule has 5 heteroatoms. The topological polar surface area (TPSA) is 58.6 Å². The second-order valence-corrected chi connectivity index (χ2v) is 6.15. The van der Waals surface area contributed by atoms with E-state index in [1.807, 2.05) is 20.8 Å². The molecule has 2 N–H and O–H groups in total. The summed E-state index contributed by atoms with van der Waals surface area (Å²) in [5.41, 5.74) is 0.465. The van der Waals surface area contributed by atoms with E-state index in [0.717, 1.165) is 5.56 Å². The van der Waals surface area contributed by atoms with Crippen molar-refractivity contribution in [3.8, 4) is 5.75 Å². The number of aliphatic hydroxyl groups is 1. The van der Waals surface area contributed by atoms with E-state index in [2.05, 4.69) is 5.32 Å². The Bertz CT molecular complexity index is 483. The van der Waals surface area contributed by atoms with E-state index in [1.165, 1.54) is 13.2 Å². The van der Waals surface area contributed by atoms with Gasteiger partial charge in [-0.2, -0.15) is 0 Å². The summed E-state index contributed by atoms with van der Waals surface area (Å²) in [7, 11) is 1.41. The van der Waals surface area contributed by atoms with Crippen LogP contribution in [-0.4, -0.2) is 30.8 Å². The molecule has 1 atom stereocenters. The molecule has 118 valence electrons. The number of carbonyl (C=O) groups is 1. The number of ether oxygens (including phenoxy) is 1. The fraction of sp³-hybridized carbons (Fsp3) is 0.562. The van der Waals surface area contributed by atoms with Gasteiger partial charge < -0.3 is 15.2 Å². The number of rotatable bonds is 6. The molecule has 1 amide bonds. The molecule has 0 saturated heterocycles. The van der Waals surface area contributed by atoms with Crippen LogP contribution in [0.4, 0.5) is 4.39 Å². The van der Waals surface area contributed by atoms with Gasteiger partial charge >= 0.3 is 0 Å². The van der Waals surface area contributed by atoms with Crippen molar-refractivity contribution < 1.29 is 19.0 Å². The van der Waals surface area contributed by atoms with Crippen LogP contribution in [0, 0.1) is 11.2 Å². The average molecular weight is 297 g/mol. The van der Waals surface area contributed by atoms with E-state index in [1.54, 1.807) is 12.1 Å². The maximum Gasteiger partial charge on any atom is 0.220 e. The molecule has 1 aromatic rings. The molecule has 0 aliphatic rings. The molecule has 21 heavy (non-hydrogen) atoms. The van der Waals surface area contributed by atoms with Crippen LogP contribution >= 0.6 is 0 Å². The third kappa shape index (κ3) is 5.71. The van der Waals surface area contributed by atoms with Gasteiger partial charge in [0, 0.05) is 13.0 Å². The molecule has 0 spiro atoms. The van der Waals surface area contributed by atoms with Crippen LogP contribution in [0.1, 0.15) is 32.8 Å². The van der Waals surface area contributed by atoms with Crippen LogP contribution in [0.3, 0.4) is 0 Å². The van der Waals surface area contributed by atoms with Gasteiger partial charge in [-0.1, -0.05) is 26.8 Å². The molecule has 0 bridgehead atoms. The standard InChI is InChI=1S/C16H24FNO3/c1-16(2,3)14(19)10-18-15(20)8-6-11-5-7-13(21-4)12(17)9-11/h5,7,9,14,19H,6,8,10H2,1-4H3,(H,18,20). The van der Waals surface area contributed by atoms with E-state index >= 15 is 0 Å². The first-order valence-electron chi connectivity index (χ1n) is 7.01. The van der Waals surface area contributed by atoms with Gasteiger partial charge in [0.05, 0.1) is 13.2 Å². The quantitative estimate of drug-likeness (QED) is 0.847. The molecule has 0 saturated carbocycles. The number of aliphatic hydroxyl groups excluding tert-OH is 1. The number of methoxy groups -OCH3 is 1. The summed E-state index contributed by atoms with van der Waals surface area (Å²) in [6.45, 7) is 5.94. The summed E-state index contributed by atoms with van der Waals surface area (Å²) in [6.07, 6.45) is 0.0981. The van der Waals surface area contributed by atoms with E-state index in [0.29, 0.717) is 6.42 Å². The van der Waals surface area contributed by atoms with Crippen molar-refractivity contribution in [3.05, 3.63) is 29.6 Å². The number of benzene rings is 1. The summed E-state index contributed by atoms with van der Waals surface area (Å²) in [5.74, 6) is -0.399. The Labute approximate surface area is 125 Å². The van der Waals surface area contributed by atoms with Gasteiger partial charge in [-0.15, -0.1) is 0 Å². The van der Waals surface area contributed by atoms with Crippen LogP contribution in [-0.2, 0) is 11.2 Å². The molecule has 0 aliphatic heterocycles. The van der Waals surface area contributed by atoms with E-state index < -0.39 is 11.9 Å². The molecule has 1 rings (SSSR count). The van der Waals surface area contributed by atoms with Gasteiger partial charge in [-0.25, -0.2) is 4.39 Å². The zero-order chi connectivity index (χ0) is 16.0. The van der Waals surface area contributed by atoms with E-state index in [4.69, 9.17) is 4.74 Å². The normalized spacial score (nSPS) is 12.9. The molecule has 4 nitrogen and oxygen atoms in total. The Balaban J connectivity index is 2.41. The Kier molecular flexibility index (Phi) is 6.15. The SMILES string of the molecule is COc1ccc(CCC(=O)NCC(O)C(C)(C)C)cc1F. The molecule has 1 unspecified atom stereocenters. The maximum absolute atomic E-state index is 13.5. The molecule has 0 heterocycles. The summed E-state index contributed by atoms with van der Waals surface area (Å²) in [6, 6.07) is 4.65. The number of carbonyl (C=O) groups excluding carboxylic acids is 1. The molecule has 1 aromatic carbocycles. The Morgan fingerprint density at radius 2 is 2.10 bits per heavy atom. The van der Waals surface area contributed by atoms with Crippen LogP contribution in [0.5, 0.6) is 5.75 Å². The predicted molar refractivity (Wildman–Crippen MR) is 79.7 cm³/mol. The molecule has 0 fully saturated rings. The zero-order valence-corrected chi connectivity index (χ0v) is 13.1. The van der Waals surface area contributed by atoms with Crippen molar-refractivity contribution >= 4 is 5.91 Å². The zero-order valence-electron chi connectivity index (χ0n) is 13.1. The first-order chi connectivity index (χ1) is 9.74. The van der Waals surface area contributed by atoms with Crippen molar-refractivity contribution in [2.24, 2.45) is 5.41 Å². The lowest BCUT2D eigenvalue weighted by Crippen LogP contribution is -2.39. The molecular formula is C16H24FNO3. The number of hydrogen-bond acceptors (Lipinski definition) is 3. The molecule has 0 aliphatic carbocycles. The summed E-state index contributed by atoms with van der Waals surface area (Å²) in [5, 5.41) is 12.5. The van der Waals surface area contributed by atoms with Crippen LogP contribution in [0.15, 0.2) is 18.2 Å². The minimum absolute atomic E-state index is 0.158. The second kappa shape index (κ2) is 7.41. The highest BCUT2D eigenvalue weighted by Gasteiger charge is 2.22. The van der Waals surface area contributed by atoms with Gasteiger partial charge in [-0.3, -0.25) is 4.79 Å². The Morgan fingerprint density at radius 1 is 1.43 bits per heavy atom. The van der Waals surface area contributed by atoms with Crippen molar-refractivity contribution in [2.45, 2.75) is 39.7 Å². The Morgan fingerprint density at radius 3 is 2.62 bits per heavy atom. The average Bonchev–Trinajstić information content (AvgIpc) is 2.41. The number of hydrogen-bond donors (Lipinski definition) is 2.